The van der Waals surface area contributed by atoms with Crippen LogP contribution in [-0.4, -0.2) is 20.8 Å². The van der Waals surface area contributed by atoms with Gasteiger partial charge in [0.15, 0.2) is 6.29 Å². The largest absolute Gasteiger partial charge is 0.358 e. The van der Waals surface area contributed by atoms with Crippen molar-refractivity contribution in [1.29, 1.82) is 0 Å². The van der Waals surface area contributed by atoms with Gasteiger partial charge in [0.05, 0.1) is 12.0 Å². The zero-order valence-electron chi connectivity index (χ0n) is 10.3. The standard InChI is InChI=1S/C14H13N3O/c1-9-13(10-5-3-4-6-11(10)16-9)14-12(7-18)15-8-17(14)2/h3-8,16H,1-2H3. The van der Waals surface area contributed by atoms with Crippen molar-refractivity contribution >= 4 is 17.2 Å². The molecule has 0 unspecified atom stereocenters. The number of aromatic amines is 1. The molecule has 0 atom stereocenters. The van der Waals surface area contributed by atoms with Crippen LogP contribution in [0.15, 0.2) is 30.6 Å². The number of hydrogen-bond donors (Lipinski definition) is 1. The molecule has 0 saturated carbocycles. The summed E-state index contributed by atoms with van der Waals surface area (Å²) in [4.78, 5) is 18.6. The number of para-hydroxylation sites is 1. The highest BCUT2D eigenvalue weighted by Gasteiger charge is 2.17. The predicted octanol–water partition coefficient (Wildman–Crippen LogP) is 2.69. The Balaban J connectivity index is 2.41. The number of nitrogens with zero attached hydrogens (tertiary/aromatic N) is 2. The van der Waals surface area contributed by atoms with Crippen LogP contribution in [0.5, 0.6) is 0 Å². The van der Waals surface area contributed by atoms with Crippen molar-refractivity contribution in [3.05, 3.63) is 42.0 Å². The van der Waals surface area contributed by atoms with Crippen molar-refractivity contribution in [3.63, 3.8) is 0 Å². The zero-order valence-corrected chi connectivity index (χ0v) is 10.3. The molecule has 3 aromatic rings. The maximum absolute atomic E-state index is 11.1. The summed E-state index contributed by atoms with van der Waals surface area (Å²) in [7, 11) is 1.90. The molecular weight excluding hydrogens is 226 g/mol. The number of carbonyl (C=O) groups is 1. The Bertz CT molecular complexity index is 737. The average molecular weight is 239 g/mol. The number of H-pyrrole nitrogens is 1. The van der Waals surface area contributed by atoms with Gasteiger partial charge in [0, 0.05) is 29.2 Å². The number of benzene rings is 1. The highest BCUT2D eigenvalue weighted by molar-refractivity contribution is 6.00. The van der Waals surface area contributed by atoms with E-state index in [1.807, 2.05) is 36.7 Å². The van der Waals surface area contributed by atoms with Crippen LogP contribution in [0, 0.1) is 6.92 Å². The van der Waals surface area contributed by atoms with Gasteiger partial charge in [0.2, 0.25) is 0 Å². The Hall–Kier alpha value is -2.36. The number of aldehydes is 1. The first-order valence-electron chi connectivity index (χ1n) is 5.76. The third kappa shape index (κ3) is 1.39. The molecule has 0 aliphatic heterocycles. The van der Waals surface area contributed by atoms with Crippen molar-refractivity contribution < 1.29 is 4.79 Å². The third-order valence-corrected chi connectivity index (χ3v) is 3.21. The van der Waals surface area contributed by atoms with Crippen molar-refractivity contribution in [2.75, 3.05) is 0 Å². The van der Waals surface area contributed by atoms with Crippen molar-refractivity contribution in [1.82, 2.24) is 14.5 Å². The van der Waals surface area contributed by atoms with Gasteiger partial charge < -0.3 is 9.55 Å². The summed E-state index contributed by atoms with van der Waals surface area (Å²) in [5, 5.41) is 1.11. The minimum atomic E-state index is 0.477. The monoisotopic (exact) mass is 239 g/mol. The number of hydrogen-bond acceptors (Lipinski definition) is 2. The summed E-state index contributed by atoms with van der Waals surface area (Å²) in [6.45, 7) is 2.01. The Morgan fingerprint density at radius 1 is 1.33 bits per heavy atom. The van der Waals surface area contributed by atoms with Crippen LogP contribution in [0.3, 0.4) is 0 Å². The van der Waals surface area contributed by atoms with Crippen molar-refractivity contribution in [2.45, 2.75) is 6.92 Å². The minimum Gasteiger partial charge on any atom is -0.358 e. The fourth-order valence-electron chi connectivity index (χ4n) is 2.42. The van der Waals surface area contributed by atoms with Crippen LogP contribution < -0.4 is 0 Å². The minimum absolute atomic E-state index is 0.477. The normalized spacial score (nSPS) is 11.0. The molecule has 2 aromatic heterocycles. The lowest BCUT2D eigenvalue weighted by molar-refractivity contribution is 0.112. The first-order valence-corrected chi connectivity index (χ1v) is 5.76. The van der Waals surface area contributed by atoms with Gasteiger partial charge in [-0.25, -0.2) is 4.98 Å². The van der Waals surface area contributed by atoms with E-state index in [1.165, 1.54) is 0 Å². The molecule has 0 amide bonds. The van der Waals surface area contributed by atoms with Crippen LogP contribution in [0.25, 0.3) is 22.2 Å². The summed E-state index contributed by atoms with van der Waals surface area (Å²) in [5.74, 6) is 0. The molecule has 18 heavy (non-hydrogen) atoms. The molecule has 0 radical (unpaired) electrons. The Morgan fingerprint density at radius 2 is 2.11 bits per heavy atom. The molecule has 0 saturated heterocycles. The lowest BCUT2D eigenvalue weighted by Crippen LogP contribution is -1.94. The second-order valence-corrected chi connectivity index (χ2v) is 4.38. The maximum Gasteiger partial charge on any atom is 0.170 e. The average Bonchev–Trinajstić information content (AvgIpc) is 2.88. The van der Waals surface area contributed by atoms with Gasteiger partial charge in [0.25, 0.3) is 0 Å². The van der Waals surface area contributed by atoms with Crippen LogP contribution in [0.1, 0.15) is 16.2 Å². The summed E-state index contributed by atoms with van der Waals surface area (Å²) in [6, 6.07) is 8.07. The second kappa shape index (κ2) is 3.84. The van der Waals surface area contributed by atoms with Crippen LogP contribution in [0.4, 0.5) is 0 Å². The Morgan fingerprint density at radius 3 is 2.89 bits per heavy atom. The molecule has 1 N–H and O–H groups in total. The van der Waals surface area contributed by atoms with Gasteiger partial charge in [0.1, 0.15) is 5.69 Å². The number of carbonyl (C=O) groups excluding carboxylic acids is 1. The van der Waals surface area contributed by atoms with Crippen LogP contribution in [0.2, 0.25) is 0 Å². The summed E-state index contributed by atoms with van der Waals surface area (Å²) < 4.78 is 1.88. The topological polar surface area (TPSA) is 50.7 Å². The fourth-order valence-corrected chi connectivity index (χ4v) is 2.42. The number of aromatic nitrogens is 3. The van der Waals surface area contributed by atoms with E-state index < -0.39 is 0 Å². The van der Waals surface area contributed by atoms with Gasteiger partial charge in [-0.15, -0.1) is 0 Å². The molecule has 4 heteroatoms. The van der Waals surface area contributed by atoms with E-state index in [0.29, 0.717) is 5.69 Å². The Kier molecular flexibility index (Phi) is 2.30. The number of rotatable bonds is 2. The van der Waals surface area contributed by atoms with Gasteiger partial charge in [-0.3, -0.25) is 4.79 Å². The molecule has 0 aliphatic carbocycles. The zero-order chi connectivity index (χ0) is 12.7. The summed E-state index contributed by atoms with van der Waals surface area (Å²) in [5.41, 5.74) is 4.50. The molecule has 1 aromatic carbocycles. The number of fused-ring (bicyclic) bond motifs is 1. The quantitative estimate of drug-likeness (QED) is 0.699. The van der Waals surface area contributed by atoms with E-state index in [1.54, 1.807) is 6.33 Å². The van der Waals surface area contributed by atoms with E-state index in [-0.39, 0.29) is 0 Å². The molecular formula is C14H13N3O. The van der Waals surface area contributed by atoms with Gasteiger partial charge in [-0.2, -0.15) is 0 Å². The third-order valence-electron chi connectivity index (χ3n) is 3.21. The summed E-state index contributed by atoms with van der Waals surface area (Å²) >= 11 is 0. The Labute approximate surface area is 104 Å². The molecule has 2 heterocycles. The molecule has 0 spiro atoms. The SMILES string of the molecule is Cc1[nH]c2ccccc2c1-c1c(C=O)ncn1C. The van der Waals surface area contributed by atoms with Crippen LogP contribution >= 0.6 is 0 Å². The molecule has 3 rings (SSSR count). The first kappa shape index (κ1) is 10.8. The lowest BCUT2D eigenvalue weighted by atomic mass is 10.1. The van der Waals surface area contributed by atoms with Crippen LogP contribution in [-0.2, 0) is 7.05 Å². The van der Waals surface area contributed by atoms with E-state index in [0.717, 1.165) is 34.1 Å². The van der Waals surface area contributed by atoms with E-state index >= 15 is 0 Å². The number of imidazole rings is 1. The molecule has 90 valence electrons. The highest BCUT2D eigenvalue weighted by atomic mass is 16.1. The van der Waals surface area contributed by atoms with Gasteiger partial charge in [-0.05, 0) is 13.0 Å². The molecule has 0 aliphatic rings. The first-order chi connectivity index (χ1) is 8.72. The highest BCUT2D eigenvalue weighted by Crippen LogP contribution is 2.32. The maximum atomic E-state index is 11.1. The van der Waals surface area contributed by atoms with E-state index in [4.69, 9.17) is 0 Å². The number of nitrogens with one attached hydrogen (secondary N) is 1. The number of aryl methyl sites for hydroxylation is 2. The van der Waals surface area contributed by atoms with E-state index in [9.17, 15) is 4.79 Å². The van der Waals surface area contributed by atoms with Gasteiger partial charge in [-0.1, -0.05) is 18.2 Å². The predicted molar refractivity (Wildman–Crippen MR) is 70.6 cm³/mol. The fraction of sp³-hybridized carbons (Fsp3) is 0.143. The molecule has 0 bridgehead atoms. The van der Waals surface area contributed by atoms with E-state index in [2.05, 4.69) is 16.0 Å². The van der Waals surface area contributed by atoms with Crippen molar-refractivity contribution in [2.24, 2.45) is 7.05 Å². The smallest absolute Gasteiger partial charge is 0.170 e. The molecule has 4 nitrogen and oxygen atoms in total. The van der Waals surface area contributed by atoms with Gasteiger partial charge >= 0.3 is 0 Å². The molecule has 0 fully saturated rings. The van der Waals surface area contributed by atoms with Crippen molar-refractivity contribution in [3.8, 4) is 11.3 Å². The second-order valence-electron chi connectivity index (χ2n) is 4.38. The summed E-state index contributed by atoms with van der Waals surface area (Å²) in [6.07, 6.45) is 2.47. The lowest BCUT2D eigenvalue weighted by Gasteiger charge is -2.04.